The molecule has 144 valence electrons. The molecule has 0 saturated heterocycles. The average molecular weight is 389 g/mol. The minimum Gasteiger partial charge on any atom is -0.497 e. The van der Waals surface area contributed by atoms with Crippen LogP contribution in [0.4, 0.5) is 0 Å². The number of ether oxygens (including phenoxy) is 1. The number of methoxy groups -OCH3 is 1. The number of benzene rings is 2. The van der Waals surface area contributed by atoms with Crippen LogP contribution in [0.5, 0.6) is 5.75 Å². The summed E-state index contributed by atoms with van der Waals surface area (Å²) in [6.07, 6.45) is 0.268. The summed E-state index contributed by atoms with van der Waals surface area (Å²) in [4.78, 5) is 7.84. The Bertz CT molecular complexity index is 777. The summed E-state index contributed by atoms with van der Waals surface area (Å²) in [6.45, 7) is 3.75. The quantitative estimate of drug-likeness (QED) is 0.748. The van der Waals surface area contributed by atoms with E-state index in [-0.39, 0.29) is 6.10 Å². The minimum absolute atomic E-state index is 0.0416. The number of aliphatic hydroxyl groups excluding tert-OH is 1. The molecule has 3 rings (SSSR count). The highest BCUT2D eigenvalue weighted by Gasteiger charge is 2.25. The zero-order chi connectivity index (χ0) is 19.2. The number of hydrogen-bond donors (Lipinski definition) is 1. The standard InChI is InChI=1S/C21H25ClN2O3/c1-15(25)12-24(13-16-4-3-5-19(10-16)26-2)14-20-11-21(23-27-20)17-6-8-18(22)9-7-17/h3-10,15,20,25H,11-14H2,1-2H3/t15-,20+/m1/s1. The van der Waals surface area contributed by atoms with Crippen LogP contribution in [0.15, 0.2) is 53.7 Å². The van der Waals surface area contributed by atoms with Crippen LogP contribution in [0, 0.1) is 0 Å². The van der Waals surface area contributed by atoms with Crippen LogP contribution in [0.1, 0.15) is 24.5 Å². The molecule has 0 aromatic heterocycles. The highest BCUT2D eigenvalue weighted by molar-refractivity contribution is 6.30. The van der Waals surface area contributed by atoms with E-state index in [9.17, 15) is 5.11 Å². The highest BCUT2D eigenvalue weighted by atomic mass is 35.5. The van der Waals surface area contributed by atoms with Gasteiger partial charge in [0.15, 0.2) is 0 Å². The molecule has 1 aliphatic rings. The van der Waals surface area contributed by atoms with Crippen LogP contribution in [-0.2, 0) is 11.4 Å². The third-order valence-corrected chi connectivity index (χ3v) is 4.69. The molecule has 0 radical (unpaired) electrons. The number of aliphatic hydroxyl groups is 1. The van der Waals surface area contributed by atoms with Gasteiger partial charge in [-0.3, -0.25) is 4.90 Å². The van der Waals surface area contributed by atoms with Crippen molar-refractivity contribution in [1.29, 1.82) is 0 Å². The van der Waals surface area contributed by atoms with Crippen LogP contribution >= 0.6 is 11.6 Å². The van der Waals surface area contributed by atoms with Gasteiger partial charge in [0.25, 0.3) is 0 Å². The van der Waals surface area contributed by atoms with Crippen molar-refractivity contribution in [1.82, 2.24) is 4.90 Å². The summed E-state index contributed by atoms with van der Waals surface area (Å²) in [6, 6.07) is 15.6. The fourth-order valence-corrected chi connectivity index (χ4v) is 3.36. The number of rotatable bonds is 8. The van der Waals surface area contributed by atoms with Gasteiger partial charge in [-0.05, 0) is 42.3 Å². The summed E-state index contributed by atoms with van der Waals surface area (Å²) >= 11 is 5.95. The Morgan fingerprint density at radius 2 is 2.07 bits per heavy atom. The van der Waals surface area contributed by atoms with E-state index >= 15 is 0 Å². The molecule has 1 heterocycles. The number of halogens is 1. The molecule has 0 amide bonds. The number of oxime groups is 1. The molecule has 0 bridgehead atoms. The molecule has 5 nitrogen and oxygen atoms in total. The first-order valence-corrected chi connectivity index (χ1v) is 9.43. The second-order valence-corrected chi connectivity index (χ2v) is 7.31. The van der Waals surface area contributed by atoms with E-state index in [0.29, 0.717) is 24.7 Å². The Hall–Kier alpha value is -2.08. The fraction of sp³-hybridized carbons (Fsp3) is 0.381. The number of hydrogen-bond acceptors (Lipinski definition) is 5. The average Bonchev–Trinajstić information content (AvgIpc) is 3.10. The summed E-state index contributed by atoms with van der Waals surface area (Å²) in [7, 11) is 1.66. The summed E-state index contributed by atoms with van der Waals surface area (Å²) < 4.78 is 5.30. The molecular weight excluding hydrogens is 364 g/mol. The van der Waals surface area contributed by atoms with Crippen molar-refractivity contribution in [2.24, 2.45) is 5.16 Å². The van der Waals surface area contributed by atoms with Crippen LogP contribution in [0.3, 0.4) is 0 Å². The van der Waals surface area contributed by atoms with Gasteiger partial charge < -0.3 is 14.7 Å². The summed E-state index contributed by atoms with van der Waals surface area (Å²) in [5.41, 5.74) is 3.08. The van der Waals surface area contributed by atoms with E-state index in [2.05, 4.69) is 16.1 Å². The van der Waals surface area contributed by atoms with Crippen LogP contribution in [0.25, 0.3) is 0 Å². The molecule has 0 unspecified atom stereocenters. The van der Waals surface area contributed by atoms with Gasteiger partial charge in [0.2, 0.25) is 0 Å². The maximum absolute atomic E-state index is 9.88. The lowest BCUT2D eigenvalue weighted by Crippen LogP contribution is -2.37. The monoisotopic (exact) mass is 388 g/mol. The predicted molar refractivity (Wildman–Crippen MR) is 107 cm³/mol. The molecule has 0 saturated carbocycles. The van der Waals surface area contributed by atoms with E-state index < -0.39 is 6.10 Å². The zero-order valence-electron chi connectivity index (χ0n) is 15.6. The fourth-order valence-electron chi connectivity index (χ4n) is 3.23. The Morgan fingerprint density at radius 3 is 2.78 bits per heavy atom. The molecule has 0 aliphatic carbocycles. The maximum atomic E-state index is 9.88. The van der Waals surface area contributed by atoms with E-state index in [4.69, 9.17) is 21.2 Å². The second-order valence-electron chi connectivity index (χ2n) is 6.87. The SMILES string of the molecule is COc1cccc(CN(C[C@@H]2CC(c3ccc(Cl)cc3)=NO2)C[C@@H](C)O)c1. The van der Waals surface area contributed by atoms with Crippen molar-refractivity contribution >= 4 is 17.3 Å². The molecule has 6 heteroatoms. The summed E-state index contributed by atoms with van der Waals surface area (Å²) in [5.74, 6) is 0.829. The third kappa shape index (κ3) is 5.70. The Morgan fingerprint density at radius 1 is 1.30 bits per heavy atom. The van der Waals surface area contributed by atoms with Crippen molar-refractivity contribution in [3.05, 3.63) is 64.7 Å². The van der Waals surface area contributed by atoms with Gasteiger partial charge in [-0.1, -0.05) is 41.0 Å². The van der Waals surface area contributed by atoms with E-state index in [1.807, 2.05) is 42.5 Å². The Kier molecular flexibility index (Phi) is 6.72. The second kappa shape index (κ2) is 9.22. The molecule has 2 atom stereocenters. The van der Waals surface area contributed by atoms with E-state index in [0.717, 1.165) is 29.0 Å². The van der Waals surface area contributed by atoms with Crippen LogP contribution in [-0.4, -0.2) is 48.1 Å². The van der Waals surface area contributed by atoms with Crippen molar-refractivity contribution in [2.75, 3.05) is 20.2 Å². The zero-order valence-corrected chi connectivity index (χ0v) is 16.4. The third-order valence-electron chi connectivity index (χ3n) is 4.44. The molecule has 0 spiro atoms. The van der Waals surface area contributed by atoms with Crippen molar-refractivity contribution < 1.29 is 14.7 Å². The molecule has 27 heavy (non-hydrogen) atoms. The van der Waals surface area contributed by atoms with Gasteiger partial charge in [-0.25, -0.2) is 0 Å². The van der Waals surface area contributed by atoms with Crippen molar-refractivity contribution in [3.63, 3.8) is 0 Å². The Balaban J connectivity index is 1.62. The normalized spacial score (nSPS) is 17.5. The molecular formula is C21H25ClN2O3. The molecule has 2 aromatic carbocycles. The van der Waals surface area contributed by atoms with Crippen molar-refractivity contribution in [3.8, 4) is 5.75 Å². The first kappa shape index (κ1) is 19.7. The van der Waals surface area contributed by atoms with E-state index in [1.165, 1.54) is 0 Å². The lowest BCUT2D eigenvalue weighted by Gasteiger charge is -2.26. The van der Waals surface area contributed by atoms with Gasteiger partial charge in [0, 0.05) is 31.1 Å². The topological polar surface area (TPSA) is 54.3 Å². The lowest BCUT2D eigenvalue weighted by atomic mass is 10.0. The lowest BCUT2D eigenvalue weighted by molar-refractivity contribution is 0.0351. The van der Waals surface area contributed by atoms with Gasteiger partial charge in [0.05, 0.1) is 18.9 Å². The van der Waals surface area contributed by atoms with Crippen LogP contribution in [0.2, 0.25) is 5.02 Å². The maximum Gasteiger partial charge on any atom is 0.145 e. The first-order valence-electron chi connectivity index (χ1n) is 9.05. The smallest absolute Gasteiger partial charge is 0.145 e. The minimum atomic E-state index is -0.423. The van der Waals surface area contributed by atoms with Crippen molar-refractivity contribution in [2.45, 2.75) is 32.1 Å². The van der Waals surface area contributed by atoms with Gasteiger partial charge in [0.1, 0.15) is 11.9 Å². The number of nitrogens with zero attached hydrogens (tertiary/aromatic N) is 2. The molecule has 2 aromatic rings. The van der Waals surface area contributed by atoms with Gasteiger partial charge in [-0.15, -0.1) is 0 Å². The first-order chi connectivity index (χ1) is 13.0. The molecule has 0 fully saturated rings. The molecule has 1 aliphatic heterocycles. The van der Waals surface area contributed by atoms with Gasteiger partial charge >= 0.3 is 0 Å². The van der Waals surface area contributed by atoms with Crippen LogP contribution < -0.4 is 4.74 Å². The Labute approximate surface area is 165 Å². The molecule has 1 N–H and O–H groups in total. The van der Waals surface area contributed by atoms with E-state index in [1.54, 1.807) is 14.0 Å². The summed E-state index contributed by atoms with van der Waals surface area (Å²) in [5, 5.41) is 14.8. The highest BCUT2D eigenvalue weighted by Crippen LogP contribution is 2.21. The predicted octanol–water partition coefficient (Wildman–Crippen LogP) is 3.72. The van der Waals surface area contributed by atoms with Gasteiger partial charge in [-0.2, -0.15) is 0 Å². The largest absolute Gasteiger partial charge is 0.497 e.